The van der Waals surface area contributed by atoms with Gasteiger partial charge in [-0.1, -0.05) is 37.5 Å². The number of para-hydroxylation sites is 1. The first kappa shape index (κ1) is 11.8. The quantitative estimate of drug-likeness (QED) is 0.640. The van der Waals surface area contributed by atoms with E-state index in [0.29, 0.717) is 0 Å². The molecule has 2 aromatic rings. The summed E-state index contributed by atoms with van der Waals surface area (Å²) < 4.78 is 5.98. The van der Waals surface area contributed by atoms with Gasteiger partial charge in [0.25, 0.3) is 0 Å². The van der Waals surface area contributed by atoms with Gasteiger partial charge < -0.3 is 4.42 Å². The van der Waals surface area contributed by atoms with Crippen LogP contribution < -0.4 is 11.3 Å². The number of furan rings is 1. The highest BCUT2D eigenvalue weighted by molar-refractivity contribution is 5.80. The summed E-state index contributed by atoms with van der Waals surface area (Å²) in [5.74, 6) is 7.45. The topological polar surface area (TPSA) is 51.2 Å². The average molecular weight is 244 g/mol. The molecule has 0 radical (unpaired) electrons. The molecule has 0 bridgehead atoms. The molecule has 1 atom stereocenters. The first-order valence-corrected chi connectivity index (χ1v) is 6.73. The smallest absolute Gasteiger partial charge is 0.137 e. The van der Waals surface area contributed by atoms with Gasteiger partial charge in [0, 0.05) is 5.39 Å². The van der Waals surface area contributed by atoms with Crippen LogP contribution in [-0.4, -0.2) is 0 Å². The number of benzene rings is 1. The van der Waals surface area contributed by atoms with E-state index in [0.717, 1.165) is 23.7 Å². The zero-order chi connectivity index (χ0) is 12.5. The van der Waals surface area contributed by atoms with Crippen LogP contribution in [0.2, 0.25) is 0 Å². The second kappa shape index (κ2) is 4.75. The largest absolute Gasteiger partial charge is 0.459 e. The Kier molecular flexibility index (Phi) is 3.10. The first-order valence-electron chi connectivity index (χ1n) is 6.73. The second-order valence-electron chi connectivity index (χ2n) is 5.39. The normalized spacial score (nSPS) is 17.9. The Labute approximate surface area is 107 Å². The molecule has 1 fully saturated rings. The number of hydrogen-bond donors (Lipinski definition) is 2. The van der Waals surface area contributed by atoms with E-state index in [4.69, 9.17) is 10.3 Å². The Balaban J connectivity index is 1.89. The summed E-state index contributed by atoms with van der Waals surface area (Å²) in [4.78, 5) is 0. The number of nitrogens with two attached hydrogens (primary N) is 1. The Morgan fingerprint density at radius 1 is 1.44 bits per heavy atom. The van der Waals surface area contributed by atoms with Gasteiger partial charge in [-0.05, 0) is 30.9 Å². The minimum absolute atomic E-state index is 0.141. The SMILES string of the molecule is Cc1cccc2cc(C(CC3CCC3)NN)oc12. The number of rotatable bonds is 4. The Morgan fingerprint density at radius 2 is 2.28 bits per heavy atom. The van der Waals surface area contributed by atoms with Gasteiger partial charge in [0.15, 0.2) is 0 Å². The summed E-state index contributed by atoms with van der Waals surface area (Å²) in [5, 5.41) is 1.17. The number of aryl methyl sites for hydroxylation is 1. The molecule has 3 rings (SSSR count). The van der Waals surface area contributed by atoms with Crippen molar-refractivity contribution in [1.82, 2.24) is 5.43 Å². The monoisotopic (exact) mass is 244 g/mol. The van der Waals surface area contributed by atoms with E-state index in [1.807, 2.05) is 0 Å². The van der Waals surface area contributed by atoms with E-state index in [1.165, 1.54) is 30.2 Å². The van der Waals surface area contributed by atoms with Crippen molar-refractivity contribution >= 4 is 11.0 Å². The molecule has 3 N–H and O–H groups in total. The summed E-state index contributed by atoms with van der Waals surface area (Å²) in [6, 6.07) is 8.49. The van der Waals surface area contributed by atoms with Crippen molar-refractivity contribution in [3.05, 3.63) is 35.6 Å². The molecule has 1 heterocycles. The summed E-state index contributed by atoms with van der Waals surface area (Å²) in [6.07, 6.45) is 5.10. The maximum absolute atomic E-state index is 5.98. The van der Waals surface area contributed by atoms with Crippen molar-refractivity contribution in [3.63, 3.8) is 0 Å². The molecule has 3 nitrogen and oxygen atoms in total. The molecule has 0 aliphatic heterocycles. The van der Waals surface area contributed by atoms with Gasteiger partial charge in [-0.2, -0.15) is 0 Å². The van der Waals surface area contributed by atoms with E-state index < -0.39 is 0 Å². The van der Waals surface area contributed by atoms with Gasteiger partial charge in [0.2, 0.25) is 0 Å². The van der Waals surface area contributed by atoms with Crippen LogP contribution in [0.4, 0.5) is 0 Å². The second-order valence-corrected chi connectivity index (χ2v) is 5.39. The van der Waals surface area contributed by atoms with Gasteiger partial charge in [-0.3, -0.25) is 5.84 Å². The molecule has 1 aliphatic rings. The Morgan fingerprint density at radius 3 is 2.89 bits per heavy atom. The lowest BCUT2D eigenvalue weighted by molar-refractivity contribution is 0.249. The summed E-state index contributed by atoms with van der Waals surface area (Å²) >= 11 is 0. The van der Waals surface area contributed by atoms with Crippen LogP contribution in [0.25, 0.3) is 11.0 Å². The first-order chi connectivity index (χ1) is 8.78. The fourth-order valence-electron chi connectivity index (χ4n) is 2.73. The average Bonchev–Trinajstić information content (AvgIpc) is 2.73. The third kappa shape index (κ3) is 2.04. The molecule has 1 unspecified atom stereocenters. The van der Waals surface area contributed by atoms with Crippen LogP contribution >= 0.6 is 0 Å². The maximum Gasteiger partial charge on any atom is 0.137 e. The van der Waals surface area contributed by atoms with Crippen molar-refractivity contribution < 1.29 is 4.42 Å². The molecular weight excluding hydrogens is 224 g/mol. The number of hydrogen-bond acceptors (Lipinski definition) is 3. The number of fused-ring (bicyclic) bond motifs is 1. The Bertz CT molecular complexity index is 542. The molecule has 18 heavy (non-hydrogen) atoms. The van der Waals surface area contributed by atoms with Crippen molar-refractivity contribution in [1.29, 1.82) is 0 Å². The van der Waals surface area contributed by atoms with Crippen LogP contribution in [0.5, 0.6) is 0 Å². The molecule has 0 saturated heterocycles. The van der Waals surface area contributed by atoms with Gasteiger partial charge >= 0.3 is 0 Å². The molecule has 1 aromatic carbocycles. The van der Waals surface area contributed by atoms with Crippen molar-refractivity contribution in [2.45, 2.75) is 38.6 Å². The zero-order valence-corrected chi connectivity index (χ0v) is 10.8. The standard InChI is InChI=1S/C15H20N2O/c1-10-4-2-7-12-9-14(18-15(10)12)13(17-16)8-11-5-3-6-11/h2,4,7,9,11,13,17H,3,5-6,8,16H2,1H3. The van der Waals surface area contributed by atoms with Gasteiger partial charge in [-0.25, -0.2) is 5.43 Å². The maximum atomic E-state index is 5.98. The highest BCUT2D eigenvalue weighted by Crippen LogP contribution is 2.36. The lowest BCUT2D eigenvalue weighted by Gasteiger charge is -2.28. The Hall–Kier alpha value is -1.32. The number of hydrazine groups is 1. The van der Waals surface area contributed by atoms with Gasteiger partial charge in [-0.15, -0.1) is 0 Å². The predicted octanol–water partition coefficient (Wildman–Crippen LogP) is 3.44. The minimum Gasteiger partial charge on any atom is -0.459 e. The molecule has 3 heteroatoms. The third-order valence-corrected chi connectivity index (χ3v) is 4.10. The van der Waals surface area contributed by atoms with Crippen LogP contribution in [0.3, 0.4) is 0 Å². The van der Waals surface area contributed by atoms with Crippen LogP contribution in [0.15, 0.2) is 28.7 Å². The van der Waals surface area contributed by atoms with E-state index in [9.17, 15) is 0 Å². The predicted molar refractivity (Wildman–Crippen MR) is 73.0 cm³/mol. The fourth-order valence-corrected chi connectivity index (χ4v) is 2.73. The van der Waals surface area contributed by atoms with Crippen molar-refractivity contribution in [2.24, 2.45) is 11.8 Å². The highest BCUT2D eigenvalue weighted by Gasteiger charge is 2.24. The molecule has 96 valence electrons. The molecule has 0 amide bonds. The third-order valence-electron chi connectivity index (χ3n) is 4.10. The van der Waals surface area contributed by atoms with E-state index >= 15 is 0 Å². The van der Waals surface area contributed by atoms with E-state index in [-0.39, 0.29) is 6.04 Å². The molecule has 0 spiro atoms. The number of nitrogens with one attached hydrogen (secondary N) is 1. The molecule has 1 aromatic heterocycles. The van der Waals surface area contributed by atoms with Crippen LogP contribution in [0.1, 0.15) is 43.0 Å². The lowest BCUT2D eigenvalue weighted by atomic mass is 9.80. The summed E-state index contributed by atoms with van der Waals surface area (Å²) in [5.41, 5.74) is 5.07. The fraction of sp³-hybridized carbons (Fsp3) is 0.467. The van der Waals surface area contributed by atoms with Crippen LogP contribution in [-0.2, 0) is 0 Å². The molecule has 1 aliphatic carbocycles. The van der Waals surface area contributed by atoms with Crippen LogP contribution in [0, 0.1) is 12.8 Å². The minimum atomic E-state index is 0.141. The van der Waals surface area contributed by atoms with Crippen molar-refractivity contribution in [2.75, 3.05) is 0 Å². The molecular formula is C15H20N2O. The van der Waals surface area contributed by atoms with Crippen molar-refractivity contribution in [3.8, 4) is 0 Å². The van der Waals surface area contributed by atoms with E-state index in [2.05, 4.69) is 36.6 Å². The van der Waals surface area contributed by atoms with Gasteiger partial charge in [0.05, 0.1) is 6.04 Å². The zero-order valence-electron chi connectivity index (χ0n) is 10.8. The van der Waals surface area contributed by atoms with Gasteiger partial charge in [0.1, 0.15) is 11.3 Å². The highest BCUT2D eigenvalue weighted by atomic mass is 16.3. The summed E-state index contributed by atoms with van der Waals surface area (Å²) in [6.45, 7) is 2.08. The lowest BCUT2D eigenvalue weighted by Crippen LogP contribution is -2.30. The molecule has 1 saturated carbocycles. The van der Waals surface area contributed by atoms with E-state index in [1.54, 1.807) is 0 Å². The summed E-state index contributed by atoms with van der Waals surface area (Å²) in [7, 11) is 0.